The first-order valence-corrected chi connectivity index (χ1v) is 9.96. The van der Waals surface area contributed by atoms with E-state index in [2.05, 4.69) is 5.32 Å². The highest BCUT2D eigenvalue weighted by atomic mass is 32.2. The molecule has 0 radical (unpaired) electrons. The first-order valence-electron chi connectivity index (χ1n) is 8.14. The van der Waals surface area contributed by atoms with Crippen LogP contribution in [0.5, 0.6) is 0 Å². The van der Waals surface area contributed by atoms with Crippen LogP contribution in [-0.4, -0.2) is 43.1 Å². The van der Waals surface area contributed by atoms with Crippen LogP contribution in [0, 0.1) is 5.92 Å². The molecule has 1 heterocycles. The van der Waals surface area contributed by atoms with Gasteiger partial charge in [-0.05, 0) is 31.2 Å². The quantitative estimate of drug-likeness (QED) is 0.818. The molecule has 1 aliphatic rings. The summed E-state index contributed by atoms with van der Waals surface area (Å²) in [5, 5.41) is 13.1. The van der Waals surface area contributed by atoms with E-state index in [4.69, 9.17) is 0 Å². The Morgan fingerprint density at radius 2 is 2.04 bits per heavy atom. The van der Waals surface area contributed by atoms with Crippen molar-refractivity contribution in [1.29, 1.82) is 0 Å². The van der Waals surface area contributed by atoms with Crippen LogP contribution in [0.25, 0.3) is 0 Å². The van der Waals surface area contributed by atoms with Gasteiger partial charge in [-0.1, -0.05) is 37.3 Å². The molecule has 2 N–H and O–H groups in total. The van der Waals surface area contributed by atoms with E-state index in [1.807, 2.05) is 37.3 Å². The second kappa shape index (κ2) is 7.93. The number of carbonyl (C=O) groups excluding carboxylic acids is 1. The number of amides is 1. The summed E-state index contributed by atoms with van der Waals surface area (Å²) >= 11 is 0. The number of hydrogen-bond donors (Lipinski definition) is 2. The maximum Gasteiger partial charge on any atom is 0.224 e. The summed E-state index contributed by atoms with van der Waals surface area (Å²) in [6.07, 6.45) is 1.52. The molecule has 1 fully saturated rings. The number of sulfone groups is 1. The molecule has 2 rings (SSSR count). The minimum atomic E-state index is -3.12. The minimum Gasteiger partial charge on any atom is -0.391 e. The number of aliphatic hydroxyl groups is 1. The zero-order chi connectivity index (χ0) is 16.9. The van der Waals surface area contributed by atoms with Gasteiger partial charge in [0.15, 0.2) is 9.84 Å². The molecular formula is C17H25NO4S. The highest BCUT2D eigenvalue weighted by Crippen LogP contribution is 2.19. The summed E-state index contributed by atoms with van der Waals surface area (Å²) < 4.78 is 23.4. The summed E-state index contributed by atoms with van der Waals surface area (Å²) in [5.41, 5.74) is 1.03. The molecule has 6 heteroatoms. The van der Waals surface area contributed by atoms with Gasteiger partial charge in [0, 0.05) is 0 Å². The van der Waals surface area contributed by atoms with Crippen molar-refractivity contribution in [1.82, 2.24) is 5.32 Å². The highest BCUT2D eigenvalue weighted by Gasteiger charge is 2.31. The fourth-order valence-electron chi connectivity index (χ4n) is 2.97. The van der Waals surface area contributed by atoms with Crippen LogP contribution < -0.4 is 5.32 Å². The Bertz CT molecular complexity index is 615. The zero-order valence-corrected chi connectivity index (χ0v) is 14.3. The van der Waals surface area contributed by atoms with Crippen LogP contribution in [0.1, 0.15) is 31.7 Å². The molecule has 0 saturated carbocycles. The van der Waals surface area contributed by atoms with Gasteiger partial charge in [0.2, 0.25) is 5.91 Å². The lowest BCUT2D eigenvalue weighted by Gasteiger charge is -2.27. The molecule has 1 unspecified atom stereocenters. The molecule has 0 aliphatic carbocycles. The van der Waals surface area contributed by atoms with Gasteiger partial charge in [-0.2, -0.15) is 0 Å². The van der Waals surface area contributed by atoms with E-state index in [9.17, 15) is 18.3 Å². The SMILES string of the molecule is CC[C@@H](O)[C@H](Cc1ccccc1)NC(=O)C1CCCS(=O)(=O)C1. The first-order chi connectivity index (χ1) is 10.9. The van der Waals surface area contributed by atoms with Crippen molar-refractivity contribution < 1.29 is 18.3 Å². The van der Waals surface area contributed by atoms with Crippen LogP contribution in [0.4, 0.5) is 0 Å². The topological polar surface area (TPSA) is 83.5 Å². The molecule has 0 aromatic heterocycles. The average Bonchev–Trinajstić information content (AvgIpc) is 2.53. The molecule has 1 aromatic carbocycles. The number of aliphatic hydroxyl groups excluding tert-OH is 1. The van der Waals surface area contributed by atoms with Crippen molar-refractivity contribution in [3.63, 3.8) is 0 Å². The molecule has 5 nitrogen and oxygen atoms in total. The molecule has 1 amide bonds. The van der Waals surface area contributed by atoms with E-state index in [0.717, 1.165) is 5.56 Å². The van der Waals surface area contributed by atoms with Gasteiger partial charge in [0.1, 0.15) is 0 Å². The number of hydrogen-bond acceptors (Lipinski definition) is 4. The van der Waals surface area contributed by atoms with Crippen LogP contribution in [0.3, 0.4) is 0 Å². The molecule has 1 aromatic rings. The van der Waals surface area contributed by atoms with Gasteiger partial charge in [-0.15, -0.1) is 0 Å². The Morgan fingerprint density at radius 1 is 1.35 bits per heavy atom. The summed E-state index contributed by atoms with van der Waals surface area (Å²) in [5.74, 6) is -0.682. The van der Waals surface area contributed by atoms with Crippen molar-refractivity contribution in [2.75, 3.05) is 11.5 Å². The van der Waals surface area contributed by atoms with Crippen LogP contribution in [0.2, 0.25) is 0 Å². The maximum absolute atomic E-state index is 12.4. The summed E-state index contributed by atoms with van der Waals surface area (Å²) in [4.78, 5) is 12.4. The molecule has 23 heavy (non-hydrogen) atoms. The lowest BCUT2D eigenvalue weighted by Crippen LogP contribution is -2.48. The largest absolute Gasteiger partial charge is 0.391 e. The van der Waals surface area contributed by atoms with Gasteiger partial charge < -0.3 is 10.4 Å². The predicted molar refractivity (Wildman–Crippen MR) is 89.8 cm³/mol. The second-order valence-electron chi connectivity index (χ2n) is 6.23. The van der Waals surface area contributed by atoms with E-state index in [-0.39, 0.29) is 17.4 Å². The summed E-state index contributed by atoms with van der Waals surface area (Å²) in [7, 11) is -3.12. The lowest BCUT2D eigenvalue weighted by atomic mass is 9.97. The summed E-state index contributed by atoms with van der Waals surface area (Å²) in [6.45, 7) is 1.86. The van der Waals surface area contributed by atoms with E-state index < -0.39 is 27.9 Å². The van der Waals surface area contributed by atoms with Gasteiger partial charge >= 0.3 is 0 Å². The third kappa shape index (κ3) is 5.32. The van der Waals surface area contributed by atoms with Crippen molar-refractivity contribution in [2.45, 2.75) is 44.8 Å². The molecule has 1 aliphatic heterocycles. The Morgan fingerprint density at radius 3 is 2.65 bits per heavy atom. The standard InChI is InChI=1S/C17H25NO4S/c1-2-16(19)15(11-13-7-4-3-5-8-13)18-17(20)14-9-6-10-23(21,22)12-14/h3-5,7-8,14-16,19H,2,6,9-12H2,1H3,(H,18,20)/t14?,15-,16+/m0/s1. The number of rotatable bonds is 6. The van der Waals surface area contributed by atoms with E-state index in [1.165, 1.54) is 0 Å². The Kier molecular flexibility index (Phi) is 6.18. The highest BCUT2D eigenvalue weighted by molar-refractivity contribution is 7.91. The number of carbonyl (C=O) groups is 1. The van der Waals surface area contributed by atoms with Gasteiger partial charge in [-0.25, -0.2) is 8.42 Å². The first kappa shape index (κ1) is 17.9. The van der Waals surface area contributed by atoms with Crippen LogP contribution in [-0.2, 0) is 21.1 Å². The minimum absolute atomic E-state index is 0.0842. The third-order valence-corrected chi connectivity index (χ3v) is 6.16. The zero-order valence-electron chi connectivity index (χ0n) is 13.4. The van der Waals surface area contributed by atoms with Gasteiger partial charge in [0.25, 0.3) is 0 Å². The van der Waals surface area contributed by atoms with Crippen molar-refractivity contribution in [2.24, 2.45) is 5.92 Å². The van der Waals surface area contributed by atoms with Gasteiger partial charge in [-0.3, -0.25) is 4.79 Å². The van der Waals surface area contributed by atoms with Crippen molar-refractivity contribution in [3.8, 4) is 0 Å². The molecule has 0 bridgehead atoms. The van der Waals surface area contributed by atoms with Crippen LogP contribution >= 0.6 is 0 Å². The molecular weight excluding hydrogens is 314 g/mol. The fraction of sp³-hybridized carbons (Fsp3) is 0.588. The average molecular weight is 339 g/mol. The molecule has 1 saturated heterocycles. The Balaban J connectivity index is 2.03. The molecule has 0 spiro atoms. The number of nitrogens with one attached hydrogen (secondary N) is 1. The molecule has 3 atom stereocenters. The lowest BCUT2D eigenvalue weighted by molar-refractivity contribution is -0.126. The van der Waals surface area contributed by atoms with Crippen LogP contribution in [0.15, 0.2) is 30.3 Å². The van der Waals surface area contributed by atoms with Crippen molar-refractivity contribution >= 4 is 15.7 Å². The third-order valence-electron chi connectivity index (χ3n) is 4.34. The Hall–Kier alpha value is -1.40. The van der Waals surface area contributed by atoms with Crippen molar-refractivity contribution in [3.05, 3.63) is 35.9 Å². The Labute approximate surface area is 138 Å². The van der Waals surface area contributed by atoms with E-state index >= 15 is 0 Å². The van der Waals surface area contributed by atoms with E-state index in [1.54, 1.807) is 0 Å². The summed E-state index contributed by atoms with van der Waals surface area (Å²) in [6, 6.07) is 9.25. The maximum atomic E-state index is 12.4. The van der Waals surface area contributed by atoms with E-state index in [0.29, 0.717) is 25.7 Å². The normalized spacial score (nSPS) is 23.0. The smallest absolute Gasteiger partial charge is 0.224 e. The second-order valence-corrected chi connectivity index (χ2v) is 8.46. The monoisotopic (exact) mass is 339 g/mol. The molecule has 128 valence electrons. The van der Waals surface area contributed by atoms with Gasteiger partial charge in [0.05, 0.1) is 29.6 Å². The fourth-order valence-corrected chi connectivity index (χ4v) is 4.67. The number of benzene rings is 1. The predicted octanol–water partition coefficient (Wildman–Crippen LogP) is 1.31.